The Morgan fingerprint density at radius 2 is 1.87 bits per heavy atom. The van der Waals surface area contributed by atoms with E-state index in [9.17, 15) is 0 Å². The number of benzene rings is 1. The van der Waals surface area contributed by atoms with Gasteiger partial charge in [0.15, 0.2) is 11.5 Å². The molecule has 5 aliphatic heterocycles. The summed E-state index contributed by atoms with van der Waals surface area (Å²) in [7, 11) is 8.67. The number of hydrogen-bond acceptors (Lipinski definition) is 3. The maximum absolute atomic E-state index is 6.62. The highest BCUT2D eigenvalue weighted by atomic mass is 16.5. The minimum Gasteiger partial charge on any atom is -0.493 e. The molecule has 0 N–H and O–H groups in total. The van der Waals surface area contributed by atoms with E-state index in [1.165, 1.54) is 55.5 Å². The SMILES string of the molecule is COc1cc2c(cc1OC)[N+]1(C)CCC3OCCC4C[N+]5(C)CCC26C5CC4C3C61. The van der Waals surface area contributed by atoms with E-state index in [1.54, 1.807) is 19.8 Å². The molecule has 1 aromatic rings. The highest BCUT2D eigenvalue weighted by molar-refractivity contribution is 5.69. The second-order valence-electron chi connectivity index (χ2n) is 11.6. The lowest BCUT2D eigenvalue weighted by molar-refractivity contribution is -0.935. The minimum absolute atomic E-state index is 0.261. The molecule has 1 aliphatic carbocycles. The van der Waals surface area contributed by atoms with E-state index in [4.69, 9.17) is 14.2 Å². The monoisotopic (exact) mass is 412 g/mol. The van der Waals surface area contributed by atoms with Crippen LogP contribution in [-0.4, -0.2) is 77.2 Å². The van der Waals surface area contributed by atoms with Crippen LogP contribution in [0.25, 0.3) is 0 Å². The van der Waals surface area contributed by atoms with Gasteiger partial charge in [-0.05, 0) is 18.4 Å². The second-order valence-corrected chi connectivity index (χ2v) is 11.6. The van der Waals surface area contributed by atoms with Crippen molar-refractivity contribution in [3.63, 3.8) is 0 Å². The first kappa shape index (κ1) is 18.3. The van der Waals surface area contributed by atoms with Gasteiger partial charge >= 0.3 is 0 Å². The Bertz CT molecular complexity index is 935. The van der Waals surface area contributed by atoms with Gasteiger partial charge in [-0.15, -0.1) is 0 Å². The maximum atomic E-state index is 6.62. The smallest absolute Gasteiger partial charge is 0.166 e. The summed E-state index contributed by atoms with van der Waals surface area (Å²) in [6.07, 6.45) is 5.65. The van der Waals surface area contributed by atoms with Gasteiger partial charge in [0.05, 0.1) is 54.1 Å². The summed E-state index contributed by atoms with van der Waals surface area (Å²) in [5, 5.41) is 0. The molecule has 6 aliphatic rings. The zero-order valence-electron chi connectivity index (χ0n) is 18.9. The van der Waals surface area contributed by atoms with Crippen LogP contribution in [0.5, 0.6) is 11.5 Å². The fourth-order valence-electron chi connectivity index (χ4n) is 9.89. The highest BCUT2D eigenvalue weighted by Gasteiger charge is 2.79. The van der Waals surface area contributed by atoms with Gasteiger partial charge in [-0.2, -0.15) is 0 Å². The lowest BCUT2D eigenvalue weighted by Crippen LogP contribution is -2.76. The number of nitrogens with zero attached hydrogens (tertiary/aromatic N) is 2. The van der Waals surface area contributed by atoms with Crippen molar-refractivity contribution in [3.8, 4) is 11.5 Å². The first-order chi connectivity index (χ1) is 14.5. The molecule has 5 heteroatoms. The number of fused-ring (bicyclic) bond motifs is 2. The number of hydrogen-bond donors (Lipinski definition) is 0. The predicted molar refractivity (Wildman–Crippen MR) is 116 cm³/mol. The van der Waals surface area contributed by atoms with Crippen LogP contribution in [0.1, 0.15) is 31.2 Å². The Hall–Kier alpha value is -1.30. The lowest BCUT2D eigenvalue weighted by Gasteiger charge is -2.61. The van der Waals surface area contributed by atoms with E-state index in [0.29, 0.717) is 18.1 Å². The fourth-order valence-corrected chi connectivity index (χ4v) is 9.89. The number of rotatable bonds is 2. The molecule has 7 rings (SSSR count). The molecule has 5 fully saturated rings. The van der Waals surface area contributed by atoms with Gasteiger partial charge in [-0.25, -0.2) is 0 Å². The van der Waals surface area contributed by atoms with E-state index in [2.05, 4.69) is 26.2 Å². The van der Waals surface area contributed by atoms with Crippen LogP contribution in [0, 0.1) is 17.8 Å². The molecule has 9 unspecified atom stereocenters. The summed E-state index contributed by atoms with van der Waals surface area (Å²) in [6, 6.07) is 6.11. The molecule has 9 atom stereocenters. The molecule has 0 amide bonds. The normalized spacial score (nSPS) is 51.9. The van der Waals surface area contributed by atoms with Gasteiger partial charge in [-0.1, -0.05) is 0 Å². The Balaban J connectivity index is 1.53. The molecule has 1 aromatic carbocycles. The molecule has 1 saturated carbocycles. The quantitative estimate of drug-likeness (QED) is 0.699. The van der Waals surface area contributed by atoms with Crippen LogP contribution in [0.15, 0.2) is 12.1 Å². The Morgan fingerprint density at radius 3 is 2.67 bits per heavy atom. The molecule has 5 nitrogen and oxygen atoms in total. The lowest BCUT2D eigenvalue weighted by atomic mass is 9.52. The van der Waals surface area contributed by atoms with Crippen molar-refractivity contribution in [1.29, 1.82) is 0 Å². The third kappa shape index (κ3) is 1.81. The van der Waals surface area contributed by atoms with Crippen LogP contribution in [-0.2, 0) is 10.2 Å². The second kappa shape index (κ2) is 5.54. The summed E-state index contributed by atoms with van der Waals surface area (Å²) in [5.41, 5.74) is 3.36. The van der Waals surface area contributed by atoms with Crippen LogP contribution in [0.3, 0.4) is 0 Å². The van der Waals surface area contributed by atoms with Crippen LogP contribution in [0.2, 0.25) is 0 Å². The number of ether oxygens (including phenoxy) is 3. The molecule has 30 heavy (non-hydrogen) atoms. The third-order valence-electron chi connectivity index (χ3n) is 10.8. The molecule has 162 valence electrons. The zero-order chi connectivity index (χ0) is 20.5. The topological polar surface area (TPSA) is 27.7 Å². The van der Waals surface area contributed by atoms with E-state index >= 15 is 0 Å². The van der Waals surface area contributed by atoms with E-state index in [-0.39, 0.29) is 5.41 Å². The molecule has 0 radical (unpaired) electrons. The number of methoxy groups -OCH3 is 2. The van der Waals surface area contributed by atoms with Gasteiger partial charge in [-0.3, -0.25) is 4.48 Å². The van der Waals surface area contributed by atoms with Crippen molar-refractivity contribution in [2.75, 3.05) is 54.6 Å². The van der Waals surface area contributed by atoms with Gasteiger partial charge in [0, 0.05) is 49.3 Å². The largest absolute Gasteiger partial charge is 0.493 e. The Morgan fingerprint density at radius 1 is 1.07 bits per heavy atom. The van der Waals surface area contributed by atoms with Crippen LogP contribution in [0.4, 0.5) is 5.69 Å². The van der Waals surface area contributed by atoms with Gasteiger partial charge < -0.3 is 18.7 Å². The molecular weight excluding hydrogens is 376 g/mol. The zero-order valence-corrected chi connectivity index (χ0v) is 18.9. The molecule has 5 heterocycles. The number of likely N-dealkylation sites (N-methyl/N-ethyl adjacent to an activating group) is 2. The first-order valence-electron chi connectivity index (χ1n) is 12.0. The van der Waals surface area contributed by atoms with E-state index in [0.717, 1.165) is 40.5 Å². The molecule has 0 aromatic heterocycles. The van der Waals surface area contributed by atoms with Gasteiger partial charge in [0.1, 0.15) is 23.2 Å². The summed E-state index contributed by atoms with van der Waals surface area (Å²) in [6.45, 7) is 4.86. The van der Waals surface area contributed by atoms with Crippen molar-refractivity contribution < 1.29 is 18.7 Å². The fraction of sp³-hybridized carbons (Fsp3) is 0.760. The summed E-state index contributed by atoms with van der Waals surface area (Å²) in [5.74, 6) is 4.19. The minimum atomic E-state index is 0.261. The molecule has 2 bridgehead atoms. The first-order valence-corrected chi connectivity index (χ1v) is 12.0. The van der Waals surface area contributed by atoms with Gasteiger partial charge in [0.2, 0.25) is 0 Å². The van der Waals surface area contributed by atoms with E-state index < -0.39 is 0 Å². The standard InChI is InChI=1S/C25H36N2O3/c1-26-9-7-25-17-12-20(28-3)21(29-4)13-18(17)27(2)8-5-19-23(24(25)27)16(11-22(25)26)15(14-26)6-10-30-19/h12-13,15-16,19,22-24H,5-11,14H2,1-4H3/q+2. The van der Waals surface area contributed by atoms with Crippen molar-refractivity contribution in [3.05, 3.63) is 17.7 Å². The predicted octanol–water partition coefficient (Wildman–Crippen LogP) is 2.94. The van der Waals surface area contributed by atoms with Gasteiger partial charge in [0.25, 0.3) is 0 Å². The average molecular weight is 413 g/mol. The summed E-state index contributed by atoms with van der Waals surface area (Å²) < 4.78 is 20.6. The average Bonchev–Trinajstić information content (AvgIpc) is 3.10. The Labute approximate surface area is 180 Å². The van der Waals surface area contributed by atoms with Crippen molar-refractivity contribution >= 4 is 5.69 Å². The Kier molecular flexibility index (Phi) is 3.38. The van der Waals surface area contributed by atoms with E-state index in [1.807, 2.05) is 0 Å². The number of quaternary nitrogens is 2. The van der Waals surface area contributed by atoms with Crippen molar-refractivity contribution in [2.24, 2.45) is 17.8 Å². The highest BCUT2D eigenvalue weighted by Crippen LogP contribution is 2.69. The summed E-state index contributed by atoms with van der Waals surface area (Å²) in [4.78, 5) is 0. The van der Waals surface area contributed by atoms with Crippen LogP contribution >= 0.6 is 0 Å². The maximum Gasteiger partial charge on any atom is 0.166 e. The summed E-state index contributed by atoms with van der Waals surface area (Å²) >= 11 is 0. The van der Waals surface area contributed by atoms with Crippen molar-refractivity contribution in [2.45, 2.75) is 49.3 Å². The third-order valence-corrected chi connectivity index (χ3v) is 10.8. The number of piperidine rings is 2. The molecule has 4 saturated heterocycles. The molecular formula is C25H36N2O3+2. The van der Waals surface area contributed by atoms with Crippen LogP contribution < -0.4 is 14.0 Å². The van der Waals surface area contributed by atoms with Crippen molar-refractivity contribution in [1.82, 2.24) is 4.48 Å². The molecule has 1 spiro atoms.